The molecule has 3 aromatic rings. The summed E-state index contributed by atoms with van der Waals surface area (Å²) in [5.74, 6) is -0.983. The number of carbonyl (C=O) groups excluding carboxylic acids is 2. The van der Waals surface area contributed by atoms with E-state index < -0.39 is 5.97 Å². The fraction of sp³-hybridized carbons (Fsp3) is 0.222. The molecule has 0 unspecified atom stereocenters. The largest absolute Gasteiger partial charge is 0.451 e. The molecule has 0 bridgehead atoms. The molecule has 8 heteroatoms. The predicted octanol–water partition coefficient (Wildman–Crippen LogP) is 1.73. The maximum atomic E-state index is 12.4. The Morgan fingerprint density at radius 2 is 2.04 bits per heavy atom. The van der Waals surface area contributed by atoms with Gasteiger partial charge in [0, 0.05) is 23.4 Å². The molecule has 1 aliphatic heterocycles. The van der Waals surface area contributed by atoms with Gasteiger partial charge in [-0.1, -0.05) is 18.2 Å². The van der Waals surface area contributed by atoms with Crippen molar-refractivity contribution in [1.29, 1.82) is 0 Å². The summed E-state index contributed by atoms with van der Waals surface area (Å²) in [7, 11) is 0. The Kier molecular flexibility index (Phi) is 4.26. The fourth-order valence-electron chi connectivity index (χ4n) is 3.02. The number of nitrogens with zero attached hydrogens (tertiary/aromatic N) is 2. The van der Waals surface area contributed by atoms with Crippen molar-refractivity contribution in [3.05, 3.63) is 62.2 Å². The molecule has 0 aliphatic carbocycles. The SMILES string of the molecule is O=C(OCC(=O)N1CCc2sccc2C1)c1n[nH]c(=O)c2ccccc12. The highest BCUT2D eigenvalue weighted by Gasteiger charge is 2.23. The standard InChI is InChI=1S/C18H15N3O4S/c22-15(21-7-5-14-11(9-21)6-8-26-14)10-25-18(24)16-12-3-1-2-4-13(12)17(23)20-19-16/h1-4,6,8H,5,7,9-10H2,(H,20,23). The van der Waals surface area contributed by atoms with Gasteiger partial charge in [0.15, 0.2) is 12.3 Å². The molecule has 132 valence electrons. The Morgan fingerprint density at radius 3 is 2.88 bits per heavy atom. The molecule has 0 fully saturated rings. The van der Waals surface area contributed by atoms with E-state index in [0.717, 1.165) is 12.0 Å². The molecule has 1 N–H and O–H groups in total. The number of rotatable bonds is 3. The van der Waals surface area contributed by atoms with E-state index in [1.807, 2.05) is 11.4 Å². The number of amides is 1. The number of fused-ring (bicyclic) bond motifs is 2. The molecule has 0 atom stereocenters. The third kappa shape index (κ3) is 2.99. The lowest BCUT2D eigenvalue weighted by Gasteiger charge is -2.26. The summed E-state index contributed by atoms with van der Waals surface area (Å²) in [5, 5.41) is 8.83. The Balaban J connectivity index is 1.46. The van der Waals surface area contributed by atoms with Crippen LogP contribution in [0.4, 0.5) is 0 Å². The van der Waals surface area contributed by atoms with Gasteiger partial charge in [0.2, 0.25) is 0 Å². The minimum Gasteiger partial charge on any atom is -0.451 e. The van der Waals surface area contributed by atoms with Crippen LogP contribution in [-0.2, 0) is 22.5 Å². The summed E-state index contributed by atoms with van der Waals surface area (Å²) in [6.45, 7) is 0.798. The van der Waals surface area contributed by atoms with E-state index in [1.165, 1.54) is 4.88 Å². The molecule has 1 aromatic carbocycles. The summed E-state index contributed by atoms with van der Waals surface area (Å²) in [6, 6.07) is 8.65. The fourth-order valence-corrected chi connectivity index (χ4v) is 3.91. The lowest BCUT2D eigenvalue weighted by Crippen LogP contribution is -2.38. The van der Waals surface area contributed by atoms with Crippen molar-refractivity contribution in [3.8, 4) is 0 Å². The molecule has 0 saturated carbocycles. The summed E-state index contributed by atoms with van der Waals surface area (Å²) in [4.78, 5) is 39.5. The monoisotopic (exact) mass is 369 g/mol. The van der Waals surface area contributed by atoms with Crippen molar-refractivity contribution in [3.63, 3.8) is 0 Å². The quantitative estimate of drug-likeness (QED) is 0.710. The highest BCUT2D eigenvalue weighted by atomic mass is 32.1. The molecule has 2 aromatic heterocycles. The minimum absolute atomic E-state index is 0.00763. The van der Waals surface area contributed by atoms with E-state index in [9.17, 15) is 14.4 Å². The number of H-pyrrole nitrogens is 1. The van der Waals surface area contributed by atoms with Crippen LogP contribution in [0.5, 0.6) is 0 Å². The third-order valence-electron chi connectivity index (χ3n) is 4.38. The second-order valence-electron chi connectivity index (χ2n) is 5.96. The van der Waals surface area contributed by atoms with Gasteiger partial charge in [-0.05, 0) is 29.5 Å². The summed E-state index contributed by atoms with van der Waals surface area (Å²) < 4.78 is 5.15. The van der Waals surface area contributed by atoms with Gasteiger partial charge in [-0.15, -0.1) is 11.3 Å². The number of esters is 1. The number of benzene rings is 1. The number of hydrogen-bond acceptors (Lipinski definition) is 6. The molecule has 0 radical (unpaired) electrons. The molecule has 0 saturated heterocycles. The Morgan fingerprint density at radius 1 is 1.23 bits per heavy atom. The average molecular weight is 369 g/mol. The van der Waals surface area contributed by atoms with E-state index in [2.05, 4.69) is 10.2 Å². The molecule has 26 heavy (non-hydrogen) atoms. The van der Waals surface area contributed by atoms with Crippen molar-refractivity contribution in [2.45, 2.75) is 13.0 Å². The van der Waals surface area contributed by atoms with Crippen molar-refractivity contribution < 1.29 is 14.3 Å². The normalized spacial score (nSPS) is 13.5. The van der Waals surface area contributed by atoms with Crippen LogP contribution in [0.25, 0.3) is 10.8 Å². The first kappa shape index (κ1) is 16.5. The predicted molar refractivity (Wildman–Crippen MR) is 96.1 cm³/mol. The first-order valence-corrected chi connectivity index (χ1v) is 8.99. The van der Waals surface area contributed by atoms with Crippen LogP contribution >= 0.6 is 11.3 Å². The molecule has 1 amide bonds. The van der Waals surface area contributed by atoms with Crippen LogP contribution in [0.15, 0.2) is 40.5 Å². The minimum atomic E-state index is -0.737. The van der Waals surface area contributed by atoms with Gasteiger partial charge >= 0.3 is 5.97 Å². The van der Waals surface area contributed by atoms with Crippen molar-refractivity contribution in [2.75, 3.05) is 13.2 Å². The smallest absolute Gasteiger partial charge is 0.359 e. The summed E-state index contributed by atoms with van der Waals surface area (Å²) in [5.41, 5.74) is 0.758. The summed E-state index contributed by atoms with van der Waals surface area (Å²) in [6.07, 6.45) is 0.818. The summed E-state index contributed by atoms with van der Waals surface area (Å²) >= 11 is 1.70. The zero-order valence-electron chi connectivity index (χ0n) is 13.7. The topological polar surface area (TPSA) is 92.4 Å². The third-order valence-corrected chi connectivity index (χ3v) is 5.40. The maximum Gasteiger partial charge on any atom is 0.359 e. The van der Waals surface area contributed by atoms with E-state index >= 15 is 0 Å². The van der Waals surface area contributed by atoms with Crippen LogP contribution < -0.4 is 5.56 Å². The van der Waals surface area contributed by atoms with Gasteiger partial charge < -0.3 is 9.64 Å². The van der Waals surface area contributed by atoms with Gasteiger partial charge in [-0.2, -0.15) is 5.10 Å². The van der Waals surface area contributed by atoms with Crippen LogP contribution in [-0.4, -0.2) is 40.1 Å². The molecule has 7 nitrogen and oxygen atoms in total. The molecule has 1 aliphatic rings. The number of ether oxygens (including phenoxy) is 1. The van der Waals surface area contributed by atoms with Crippen LogP contribution in [0.3, 0.4) is 0 Å². The van der Waals surface area contributed by atoms with Crippen molar-refractivity contribution in [1.82, 2.24) is 15.1 Å². The molecular weight excluding hydrogens is 354 g/mol. The maximum absolute atomic E-state index is 12.4. The van der Waals surface area contributed by atoms with Crippen LogP contribution in [0, 0.1) is 0 Å². The number of aromatic amines is 1. The second kappa shape index (κ2) is 6.72. The molecule has 4 rings (SSSR count). The Labute approximate surface area is 152 Å². The van der Waals surface area contributed by atoms with Crippen molar-refractivity contribution in [2.24, 2.45) is 0 Å². The molecule has 3 heterocycles. The first-order chi connectivity index (χ1) is 12.6. The van der Waals surface area contributed by atoms with Crippen LogP contribution in [0.1, 0.15) is 20.9 Å². The van der Waals surface area contributed by atoms with Gasteiger partial charge in [0.25, 0.3) is 11.5 Å². The Bertz CT molecular complexity index is 1060. The number of nitrogens with one attached hydrogen (secondary N) is 1. The van der Waals surface area contributed by atoms with Gasteiger partial charge in [-0.25, -0.2) is 9.89 Å². The highest BCUT2D eigenvalue weighted by molar-refractivity contribution is 7.10. The number of thiophene rings is 1. The number of aromatic nitrogens is 2. The lowest BCUT2D eigenvalue weighted by atomic mass is 10.1. The second-order valence-corrected chi connectivity index (χ2v) is 6.96. The lowest BCUT2D eigenvalue weighted by molar-refractivity contribution is -0.135. The highest BCUT2D eigenvalue weighted by Crippen LogP contribution is 2.24. The van der Waals surface area contributed by atoms with Gasteiger partial charge in [0.1, 0.15) is 0 Å². The zero-order chi connectivity index (χ0) is 18.1. The van der Waals surface area contributed by atoms with E-state index in [4.69, 9.17) is 4.74 Å². The molecule has 0 spiro atoms. The van der Waals surface area contributed by atoms with E-state index in [0.29, 0.717) is 23.9 Å². The van der Waals surface area contributed by atoms with E-state index in [-0.39, 0.29) is 23.8 Å². The van der Waals surface area contributed by atoms with Gasteiger partial charge in [-0.3, -0.25) is 9.59 Å². The molecular formula is C18H15N3O4S. The first-order valence-electron chi connectivity index (χ1n) is 8.11. The van der Waals surface area contributed by atoms with Gasteiger partial charge in [0.05, 0.1) is 5.39 Å². The average Bonchev–Trinajstić information content (AvgIpc) is 3.14. The van der Waals surface area contributed by atoms with Crippen molar-refractivity contribution >= 4 is 34.0 Å². The number of hydrogen-bond donors (Lipinski definition) is 1. The van der Waals surface area contributed by atoms with Crippen LogP contribution in [0.2, 0.25) is 0 Å². The number of carbonyl (C=O) groups is 2. The zero-order valence-corrected chi connectivity index (χ0v) is 14.5. The van der Waals surface area contributed by atoms with E-state index in [1.54, 1.807) is 40.5 Å². The Hall–Kier alpha value is -3.00.